The van der Waals surface area contributed by atoms with E-state index in [1.54, 1.807) is 0 Å². The third-order valence-corrected chi connectivity index (χ3v) is 2.59. The molecule has 0 amide bonds. The number of hydrogen-bond donors (Lipinski definition) is 0. The molecule has 88 valence electrons. The maximum absolute atomic E-state index is 13.0. The summed E-state index contributed by atoms with van der Waals surface area (Å²) < 4.78 is 18.2. The minimum Gasteiger partial charge on any atom is -0.492 e. The van der Waals surface area contributed by atoms with Crippen molar-refractivity contribution >= 4 is 17.3 Å². The summed E-state index contributed by atoms with van der Waals surface area (Å²) in [6, 6.07) is 3.51. The second-order valence-corrected chi connectivity index (χ2v) is 3.79. The molecule has 0 saturated heterocycles. The molecule has 1 atom stereocenters. The number of Topliss-reactive ketones (excluding diaryl/α,β-unsaturated/α-hetero) is 3. The summed E-state index contributed by atoms with van der Waals surface area (Å²) in [4.78, 5) is 34.3. The molecule has 5 heteroatoms. The topological polar surface area (TPSA) is 60.4 Å². The van der Waals surface area contributed by atoms with Crippen LogP contribution in [0.2, 0.25) is 0 Å². The van der Waals surface area contributed by atoms with Crippen LogP contribution in [-0.2, 0) is 9.59 Å². The molecule has 1 aliphatic heterocycles. The van der Waals surface area contributed by atoms with E-state index in [2.05, 4.69) is 0 Å². The van der Waals surface area contributed by atoms with Crippen LogP contribution in [0.3, 0.4) is 0 Å². The van der Waals surface area contributed by atoms with Crippen molar-refractivity contribution in [2.45, 2.75) is 6.92 Å². The smallest absolute Gasteiger partial charge is 0.212 e. The van der Waals surface area contributed by atoms with Gasteiger partial charge in [-0.05, 0) is 18.2 Å². The van der Waals surface area contributed by atoms with Gasteiger partial charge in [0.25, 0.3) is 0 Å². The number of halogens is 1. The van der Waals surface area contributed by atoms with Crippen LogP contribution in [0.1, 0.15) is 17.3 Å². The maximum atomic E-state index is 13.0. The summed E-state index contributed by atoms with van der Waals surface area (Å²) in [5.74, 6) is -3.56. The summed E-state index contributed by atoms with van der Waals surface area (Å²) in [5, 5.41) is 0. The van der Waals surface area contributed by atoms with Crippen LogP contribution in [0.5, 0.6) is 5.75 Å². The molecule has 1 aliphatic rings. The van der Waals surface area contributed by atoms with Crippen molar-refractivity contribution in [1.29, 1.82) is 0 Å². The molecule has 0 aromatic heterocycles. The first-order valence-corrected chi connectivity index (χ1v) is 5.02. The molecule has 17 heavy (non-hydrogen) atoms. The number of ether oxygens (including phenoxy) is 1. The monoisotopic (exact) mass is 236 g/mol. The molecule has 2 rings (SSSR count). The number of carbonyl (C=O) groups is 3. The van der Waals surface area contributed by atoms with Crippen LogP contribution in [0, 0.1) is 11.7 Å². The van der Waals surface area contributed by atoms with Crippen molar-refractivity contribution < 1.29 is 23.5 Å². The zero-order valence-corrected chi connectivity index (χ0v) is 9.03. The minimum atomic E-state index is -1.15. The minimum absolute atomic E-state index is 0.0100. The highest BCUT2D eigenvalue weighted by Gasteiger charge is 2.36. The molecule has 1 aromatic carbocycles. The first-order chi connectivity index (χ1) is 8.00. The fourth-order valence-electron chi connectivity index (χ4n) is 1.70. The van der Waals surface area contributed by atoms with Gasteiger partial charge < -0.3 is 4.74 Å². The Morgan fingerprint density at radius 2 is 2.12 bits per heavy atom. The number of rotatable bonds is 2. The van der Waals surface area contributed by atoms with E-state index in [1.165, 1.54) is 12.1 Å². The zero-order chi connectivity index (χ0) is 12.6. The van der Waals surface area contributed by atoms with Crippen LogP contribution in [-0.4, -0.2) is 24.0 Å². The Morgan fingerprint density at radius 1 is 1.41 bits per heavy atom. The van der Waals surface area contributed by atoms with Gasteiger partial charge in [-0.1, -0.05) is 0 Å². The second kappa shape index (κ2) is 4.08. The van der Waals surface area contributed by atoms with Crippen molar-refractivity contribution in [3.63, 3.8) is 0 Å². The van der Waals surface area contributed by atoms with Gasteiger partial charge in [0.1, 0.15) is 24.1 Å². The molecule has 0 N–H and O–H groups in total. The molecule has 1 unspecified atom stereocenters. The van der Waals surface area contributed by atoms with E-state index in [9.17, 15) is 18.8 Å². The Morgan fingerprint density at radius 3 is 2.76 bits per heavy atom. The highest BCUT2D eigenvalue weighted by atomic mass is 19.1. The van der Waals surface area contributed by atoms with E-state index < -0.39 is 29.1 Å². The summed E-state index contributed by atoms with van der Waals surface area (Å²) >= 11 is 0. The molecule has 0 bridgehead atoms. The number of hydrogen-bond acceptors (Lipinski definition) is 4. The van der Waals surface area contributed by atoms with E-state index >= 15 is 0 Å². The molecule has 1 aromatic rings. The molecule has 0 spiro atoms. The third-order valence-electron chi connectivity index (χ3n) is 2.59. The van der Waals surface area contributed by atoms with Gasteiger partial charge in [-0.3, -0.25) is 14.4 Å². The fourth-order valence-corrected chi connectivity index (χ4v) is 1.70. The van der Waals surface area contributed by atoms with Crippen LogP contribution in [0.15, 0.2) is 18.2 Å². The summed E-state index contributed by atoms with van der Waals surface area (Å²) in [5.41, 5.74) is 0.0100. The molecule has 0 saturated carbocycles. The first-order valence-electron chi connectivity index (χ1n) is 5.02. The highest BCUT2D eigenvalue weighted by molar-refractivity contribution is 6.41. The largest absolute Gasteiger partial charge is 0.492 e. The van der Waals surface area contributed by atoms with E-state index in [0.717, 1.165) is 13.0 Å². The Balaban J connectivity index is 2.39. The number of fused-ring (bicyclic) bond motifs is 1. The van der Waals surface area contributed by atoms with Gasteiger partial charge >= 0.3 is 0 Å². The molecular formula is C12H9FO4. The van der Waals surface area contributed by atoms with Gasteiger partial charge in [-0.25, -0.2) is 4.39 Å². The second-order valence-electron chi connectivity index (χ2n) is 3.79. The van der Waals surface area contributed by atoms with Gasteiger partial charge in [0.15, 0.2) is 11.6 Å². The lowest BCUT2D eigenvalue weighted by Gasteiger charge is -2.22. The molecule has 0 fully saturated rings. The highest BCUT2D eigenvalue weighted by Crippen LogP contribution is 2.28. The number of carbonyl (C=O) groups excluding carboxylic acids is 3. The van der Waals surface area contributed by atoms with Gasteiger partial charge in [-0.15, -0.1) is 0 Å². The normalized spacial score (nSPS) is 18.2. The lowest BCUT2D eigenvalue weighted by atomic mass is 9.90. The Hall–Kier alpha value is -2.04. The summed E-state index contributed by atoms with van der Waals surface area (Å²) in [6.45, 7) is 0.923. The number of benzene rings is 1. The van der Waals surface area contributed by atoms with Crippen LogP contribution < -0.4 is 4.74 Å². The predicted octanol–water partition coefficient (Wildman–Crippen LogP) is 1.18. The van der Waals surface area contributed by atoms with E-state index in [4.69, 9.17) is 4.74 Å². The van der Waals surface area contributed by atoms with Crippen molar-refractivity contribution in [1.82, 2.24) is 0 Å². The van der Waals surface area contributed by atoms with Crippen LogP contribution in [0.25, 0.3) is 0 Å². The van der Waals surface area contributed by atoms with Crippen molar-refractivity contribution in [2.24, 2.45) is 5.92 Å². The summed E-state index contributed by atoms with van der Waals surface area (Å²) in [6.07, 6.45) is 0. The van der Waals surface area contributed by atoms with Crippen LogP contribution in [0.4, 0.5) is 4.39 Å². The lowest BCUT2D eigenvalue weighted by Crippen LogP contribution is -2.37. The Labute approximate surface area is 96.4 Å². The third kappa shape index (κ3) is 1.95. The molecule has 0 radical (unpaired) electrons. The Bertz CT molecular complexity index is 521. The van der Waals surface area contributed by atoms with Gasteiger partial charge in [0.05, 0.1) is 5.56 Å². The maximum Gasteiger partial charge on any atom is 0.212 e. The van der Waals surface area contributed by atoms with Crippen molar-refractivity contribution in [2.75, 3.05) is 6.61 Å². The van der Waals surface area contributed by atoms with E-state index in [-0.39, 0.29) is 17.9 Å². The van der Waals surface area contributed by atoms with E-state index in [1.807, 2.05) is 0 Å². The van der Waals surface area contributed by atoms with Gasteiger partial charge in [-0.2, -0.15) is 0 Å². The average Bonchev–Trinajstić information content (AvgIpc) is 2.29. The quantitative estimate of drug-likeness (QED) is 0.571. The molecular weight excluding hydrogens is 227 g/mol. The summed E-state index contributed by atoms with van der Waals surface area (Å²) in [7, 11) is 0. The average molecular weight is 236 g/mol. The molecule has 1 heterocycles. The van der Waals surface area contributed by atoms with E-state index in [0.29, 0.717) is 0 Å². The molecule has 4 nitrogen and oxygen atoms in total. The van der Waals surface area contributed by atoms with Gasteiger partial charge in [0, 0.05) is 6.92 Å². The van der Waals surface area contributed by atoms with Gasteiger partial charge in [0.2, 0.25) is 5.78 Å². The SMILES string of the molecule is CC(=O)C(=O)C1COc2ccc(F)cc2C1=O. The lowest BCUT2D eigenvalue weighted by molar-refractivity contribution is -0.137. The Kier molecular flexibility index (Phi) is 2.75. The number of ketones is 3. The first kappa shape index (κ1) is 11.4. The van der Waals surface area contributed by atoms with Crippen molar-refractivity contribution in [3.8, 4) is 5.75 Å². The van der Waals surface area contributed by atoms with Crippen molar-refractivity contribution in [3.05, 3.63) is 29.6 Å². The fraction of sp³-hybridized carbons (Fsp3) is 0.250. The van der Waals surface area contributed by atoms with Crippen LogP contribution >= 0.6 is 0 Å². The predicted molar refractivity (Wildman–Crippen MR) is 55.4 cm³/mol. The standard InChI is InChI=1S/C12H9FO4/c1-6(14)11(15)9-5-17-10-3-2-7(13)4-8(10)12(9)16/h2-4,9H,5H2,1H3. The zero-order valence-electron chi connectivity index (χ0n) is 9.03. The molecule has 0 aliphatic carbocycles.